The van der Waals surface area contributed by atoms with Crippen molar-refractivity contribution >= 4 is 71.1 Å². The van der Waals surface area contributed by atoms with Gasteiger partial charge in [0.1, 0.15) is 54.4 Å². The van der Waals surface area contributed by atoms with E-state index in [1.807, 2.05) is 69.2 Å². The van der Waals surface area contributed by atoms with Crippen molar-refractivity contribution in [1.29, 1.82) is 0 Å². The van der Waals surface area contributed by atoms with Crippen molar-refractivity contribution in [3.8, 4) is 0 Å². The minimum Gasteiger partial charge on any atom is -0.450 e. The Morgan fingerprint density at radius 3 is 1.35 bits per heavy atom. The third-order valence-electron chi connectivity index (χ3n) is 16.7. The summed E-state index contributed by atoms with van der Waals surface area (Å²) < 4.78 is 5.90. The maximum absolute atomic E-state index is 15.3. The molecule has 2 rings (SSSR count). The van der Waals surface area contributed by atoms with E-state index in [2.05, 4.69) is 31.2 Å². The van der Waals surface area contributed by atoms with Crippen LogP contribution in [-0.2, 0) is 57.5 Å². The Labute approximate surface area is 552 Å². The predicted molar refractivity (Wildman–Crippen MR) is 353 cm³/mol. The number of hydrogen-bond acceptors (Lipinski definition) is 16. The maximum atomic E-state index is 15.3. The van der Waals surface area contributed by atoms with E-state index in [1.54, 1.807) is 65.2 Å². The molecule has 0 aliphatic carbocycles. The molecule has 0 aromatic carbocycles. The van der Waals surface area contributed by atoms with Crippen LogP contribution in [0.4, 0.5) is 0 Å². The van der Waals surface area contributed by atoms with Gasteiger partial charge in [-0.25, -0.2) is 14.8 Å². The number of hydrogen-bond donors (Lipinski definition) is 6. The van der Waals surface area contributed by atoms with E-state index in [9.17, 15) is 48.6 Å². The smallest absolute Gasteiger partial charge is 0.329 e. The van der Waals surface area contributed by atoms with Gasteiger partial charge in [0.2, 0.25) is 53.2 Å². The normalized spacial score (nSPS) is 25.9. The van der Waals surface area contributed by atoms with E-state index in [0.717, 1.165) is 14.7 Å². The van der Waals surface area contributed by atoms with Gasteiger partial charge in [0, 0.05) is 54.7 Å². The highest BCUT2D eigenvalue weighted by molar-refractivity contribution is 5.99. The van der Waals surface area contributed by atoms with Crippen molar-refractivity contribution in [3.05, 3.63) is 30.4 Å². The van der Waals surface area contributed by atoms with Crippen LogP contribution in [0.1, 0.15) is 162 Å². The quantitative estimate of drug-likeness (QED) is 0.115. The molecule has 0 bridgehead atoms. The third kappa shape index (κ3) is 24.3. The van der Waals surface area contributed by atoms with Crippen LogP contribution in [-0.4, -0.2) is 236 Å². The van der Waals surface area contributed by atoms with Crippen LogP contribution in [0.25, 0.3) is 6.08 Å². The van der Waals surface area contributed by atoms with E-state index in [4.69, 9.17) is 4.74 Å². The van der Waals surface area contributed by atoms with E-state index < -0.39 is 162 Å². The summed E-state index contributed by atoms with van der Waals surface area (Å²) in [4.78, 5) is 177. The lowest BCUT2D eigenvalue weighted by atomic mass is 9.91. The number of aromatic nitrogens is 2. The van der Waals surface area contributed by atoms with Crippen LogP contribution in [0.5, 0.6) is 0 Å². The van der Waals surface area contributed by atoms with E-state index in [1.165, 1.54) is 70.8 Å². The average molecular weight is 1310 g/mol. The maximum Gasteiger partial charge on any atom is 0.329 e. The van der Waals surface area contributed by atoms with Crippen molar-refractivity contribution in [3.63, 3.8) is 0 Å². The fourth-order valence-electron chi connectivity index (χ4n) is 11.3. The number of ether oxygens (including phenoxy) is 1. The monoisotopic (exact) mass is 1310 g/mol. The number of allylic oxidation sites excluding steroid dienone is 1. The van der Waals surface area contributed by atoms with Gasteiger partial charge in [0.05, 0.1) is 18.8 Å². The van der Waals surface area contributed by atoms with E-state index in [0.29, 0.717) is 5.82 Å². The summed E-state index contributed by atoms with van der Waals surface area (Å²) in [5.41, 5.74) is 0. The second-order valence-electron chi connectivity index (χ2n) is 28.2. The molecular formula is C67H114N12O14. The standard InChI is InChI=1S/C67H114N12O14/c1-36(2)30-46-62(87)76(20)49(33-39(7)8)58(83)70-44(16)67(92)93-57(42(13)14)66(91)77(21)50(34-40(9)10)60(85)72-47(31-37(3)4)63(88)78(22)54(41(11)12)65(90)79(23)55(56(82)43(15)26-24-27-51-68-28-25-29-69-51)61(86)73-53(45(17)80)64(89)74(18)35-52(81)75(19)48(32-38(5)6)59(84)71-46/h24-25,27-29,36-50,53-57,80,82H,26,30-35H2,1-23H3,(H,70,83)(H,71,84)(H,72,85)(H,73,86)/b27-24+/t43-,44+,45-,46+,47+,48+,49+,50-,53+,54+,55+,56-,57-/m1/s1. The molecule has 10 amide bonds. The van der Waals surface area contributed by atoms with Gasteiger partial charge in [-0.05, 0) is 112 Å². The Morgan fingerprint density at radius 1 is 0.505 bits per heavy atom. The lowest BCUT2D eigenvalue weighted by molar-refractivity contribution is -0.166. The highest BCUT2D eigenvalue weighted by Crippen LogP contribution is 2.25. The van der Waals surface area contributed by atoms with Crippen LogP contribution in [0.2, 0.25) is 0 Å². The molecule has 1 aromatic heterocycles. The Bertz CT molecular complexity index is 2710. The van der Waals surface area contributed by atoms with Gasteiger partial charge in [-0.15, -0.1) is 0 Å². The van der Waals surface area contributed by atoms with Crippen LogP contribution in [0.3, 0.4) is 0 Å². The summed E-state index contributed by atoms with van der Waals surface area (Å²) in [5, 5.41) is 34.6. The van der Waals surface area contributed by atoms with Gasteiger partial charge in [0.25, 0.3) is 5.91 Å². The Kier molecular flexibility index (Phi) is 33.3. The number of rotatable bonds is 18. The highest BCUT2D eigenvalue weighted by Gasteiger charge is 2.46. The van der Waals surface area contributed by atoms with Crippen LogP contribution < -0.4 is 21.3 Å². The average Bonchev–Trinajstić information content (AvgIpc) is 1.05. The summed E-state index contributed by atoms with van der Waals surface area (Å²) in [6, 6.07) is -10.8. The first-order valence-electron chi connectivity index (χ1n) is 32.9. The zero-order chi connectivity index (χ0) is 71.4. The highest BCUT2D eigenvalue weighted by atomic mass is 16.6. The molecule has 1 saturated heterocycles. The molecule has 0 unspecified atom stereocenters. The summed E-state index contributed by atoms with van der Waals surface area (Å²) in [7, 11) is 8.07. The number of esters is 1. The minimum atomic E-state index is -1.81. The number of carbonyl (C=O) groups excluding carboxylic acids is 11. The number of aliphatic hydroxyl groups excluding tert-OH is 2. The molecule has 26 heteroatoms. The number of nitrogens with one attached hydrogen (secondary N) is 4. The van der Waals surface area contributed by atoms with Crippen molar-refractivity contribution in [1.82, 2.24) is 60.6 Å². The summed E-state index contributed by atoms with van der Waals surface area (Å²) in [5.74, 6) is -11.6. The molecule has 0 spiro atoms. The number of cyclic esters (lactones) is 1. The zero-order valence-corrected chi connectivity index (χ0v) is 59.8. The van der Waals surface area contributed by atoms with Gasteiger partial charge < -0.3 is 65.6 Å². The molecule has 526 valence electrons. The number of carbonyl (C=O) groups is 11. The Morgan fingerprint density at radius 2 is 0.925 bits per heavy atom. The topological polar surface area (TPSA) is 331 Å². The minimum absolute atomic E-state index is 0.0631. The molecule has 0 saturated carbocycles. The molecule has 1 fully saturated rings. The molecule has 6 N–H and O–H groups in total. The first kappa shape index (κ1) is 82.0. The summed E-state index contributed by atoms with van der Waals surface area (Å²) >= 11 is 0. The molecule has 1 aromatic rings. The van der Waals surface area contributed by atoms with Gasteiger partial charge in [0.15, 0.2) is 11.9 Å². The van der Waals surface area contributed by atoms with Gasteiger partial charge in [-0.3, -0.25) is 47.9 Å². The largest absolute Gasteiger partial charge is 0.450 e. The van der Waals surface area contributed by atoms with Crippen LogP contribution in [0.15, 0.2) is 24.5 Å². The molecule has 0 radical (unpaired) electrons. The molecule has 1 aliphatic heterocycles. The second kappa shape index (κ2) is 37.7. The van der Waals surface area contributed by atoms with Crippen molar-refractivity contribution in [2.24, 2.45) is 47.3 Å². The molecule has 26 nitrogen and oxygen atoms in total. The Hall–Kier alpha value is -7.09. The predicted octanol–water partition coefficient (Wildman–Crippen LogP) is 3.28. The first-order chi connectivity index (χ1) is 43.1. The van der Waals surface area contributed by atoms with Crippen molar-refractivity contribution < 1.29 is 67.7 Å². The van der Waals surface area contributed by atoms with Gasteiger partial charge in [-0.2, -0.15) is 0 Å². The third-order valence-corrected chi connectivity index (χ3v) is 16.7. The summed E-state index contributed by atoms with van der Waals surface area (Å²) in [6.07, 6.45) is 2.17. The van der Waals surface area contributed by atoms with Crippen LogP contribution in [0, 0.1) is 47.3 Å². The Balaban J connectivity index is 3.04. The first-order valence-corrected chi connectivity index (χ1v) is 32.9. The molecule has 93 heavy (non-hydrogen) atoms. The summed E-state index contributed by atoms with van der Waals surface area (Å²) in [6.45, 7) is 28.6. The van der Waals surface area contributed by atoms with Crippen molar-refractivity contribution in [2.75, 3.05) is 48.8 Å². The lowest BCUT2D eigenvalue weighted by Gasteiger charge is -2.40. The molecular weight excluding hydrogens is 1200 g/mol. The van der Waals surface area contributed by atoms with E-state index in [-0.39, 0.29) is 68.1 Å². The van der Waals surface area contributed by atoms with Gasteiger partial charge >= 0.3 is 5.97 Å². The number of amides is 10. The molecule has 2 heterocycles. The van der Waals surface area contributed by atoms with Crippen molar-refractivity contribution in [2.45, 2.75) is 229 Å². The SMILES string of the molecule is CC(C)C[C@@H]1NC(=O)[C@@H](CC(C)C)N(C)C(=O)[C@@H](C(C)C)OC(=O)[C@H](C)NC(=O)[C@H](CC(C)C)N(C)C(=O)[C@H](CC(C)C)NC(=O)[C@H](CC(C)C)N(C)C(=O)CN(C)C(=O)[C@H]([C@@H](C)O)NC(=O)[C@H]([C@H](O)[C@H](C)C/C=C/c2ncccn2)N(C)C(=O)[C@H](C(C)C)N(C)C1=O. The number of aliphatic hydroxyl groups is 2. The molecule has 1 aliphatic rings. The fraction of sp³-hybridized carbons (Fsp3) is 0.746. The zero-order valence-electron chi connectivity index (χ0n) is 59.8. The fourth-order valence-corrected chi connectivity index (χ4v) is 11.3. The molecule has 13 atom stereocenters. The number of nitrogens with zero attached hydrogens (tertiary/aromatic N) is 8. The van der Waals surface area contributed by atoms with Gasteiger partial charge in [-0.1, -0.05) is 110 Å². The van der Waals surface area contributed by atoms with E-state index >= 15 is 14.4 Å². The lowest BCUT2D eigenvalue weighted by Crippen LogP contribution is -2.64. The second-order valence-corrected chi connectivity index (χ2v) is 28.2. The number of likely N-dealkylation sites (N-methyl/N-ethyl adjacent to an activating group) is 6. The van der Waals surface area contributed by atoms with Crippen LogP contribution >= 0.6 is 0 Å².